The summed E-state index contributed by atoms with van der Waals surface area (Å²) in [6.07, 6.45) is 2.49. The fraction of sp³-hybridized carbons (Fsp3) is 0.458. The summed E-state index contributed by atoms with van der Waals surface area (Å²) < 4.78 is 5.53. The van der Waals surface area contributed by atoms with E-state index in [1.54, 1.807) is 16.2 Å². The second-order valence-corrected chi connectivity index (χ2v) is 9.23. The van der Waals surface area contributed by atoms with E-state index in [0.717, 1.165) is 13.0 Å². The highest BCUT2D eigenvalue weighted by molar-refractivity contribution is 7.10. The van der Waals surface area contributed by atoms with Crippen LogP contribution < -0.4 is 10.1 Å². The number of piperidine rings is 1. The Hall–Kier alpha value is -2.87. The number of fused-ring (bicyclic) bond motifs is 1. The van der Waals surface area contributed by atoms with E-state index in [9.17, 15) is 14.4 Å². The van der Waals surface area contributed by atoms with Crippen LogP contribution in [0.15, 0.2) is 41.8 Å². The van der Waals surface area contributed by atoms with Gasteiger partial charge in [0.1, 0.15) is 5.75 Å². The average molecular weight is 456 g/mol. The smallest absolute Gasteiger partial charge is 0.260 e. The number of carbonyl (C=O) groups is 3. The maximum Gasteiger partial charge on any atom is 0.260 e. The average Bonchev–Trinajstić information content (AvgIpc) is 3.31. The minimum absolute atomic E-state index is 0.00631. The molecule has 0 radical (unpaired) electrons. The zero-order chi connectivity index (χ0) is 22.3. The third kappa shape index (κ3) is 5.68. The quantitative estimate of drug-likeness (QED) is 0.696. The first-order valence-corrected chi connectivity index (χ1v) is 12.0. The molecule has 3 amide bonds. The van der Waals surface area contributed by atoms with E-state index in [4.69, 9.17) is 4.74 Å². The predicted molar refractivity (Wildman–Crippen MR) is 122 cm³/mol. The zero-order valence-electron chi connectivity index (χ0n) is 18.1. The number of thiophene rings is 1. The molecule has 8 heteroatoms. The number of likely N-dealkylation sites (tertiary alicyclic amines) is 1. The minimum Gasteiger partial charge on any atom is -0.484 e. The molecule has 2 aliphatic heterocycles. The Morgan fingerprint density at radius 1 is 1.00 bits per heavy atom. The molecule has 0 bridgehead atoms. The molecule has 3 heterocycles. The Kier molecular flexibility index (Phi) is 7.42. The van der Waals surface area contributed by atoms with Crippen LogP contribution in [-0.2, 0) is 27.3 Å². The molecule has 0 aliphatic carbocycles. The van der Waals surface area contributed by atoms with E-state index in [2.05, 4.69) is 16.8 Å². The Bertz CT molecular complexity index is 938. The lowest BCUT2D eigenvalue weighted by Gasteiger charge is -2.31. The number of carbonyl (C=O) groups excluding carboxylic acids is 3. The number of hydrogen-bond donors (Lipinski definition) is 1. The van der Waals surface area contributed by atoms with Gasteiger partial charge in [0.05, 0.1) is 0 Å². The number of nitrogens with zero attached hydrogens (tertiary/aromatic N) is 2. The van der Waals surface area contributed by atoms with Crippen molar-refractivity contribution in [3.05, 3.63) is 52.2 Å². The van der Waals surface area contributed by atoms with Gasteiger partial charge in [0, 0.05) is 49.9 Å². The summed E-state index contributed by atoms with van der Waals surface area (Å²) in [4.78, 5) is 42.4. The number of para-hydroxylation sites is 1. The van der Waals surface area contributed by atoms with Gasteiger partial charge in [-0.05, 0) is 48.4 Å². The molecule has 170 valence electrons. The molecule has 2 aromatic rings. The fourth-order valence-electron chi connectivity index (χ4n) is 4.20. The van der Waals surface area contributed by atoms with Gasteiger partial charge in [-0.3, -0.25) is 14.4 Å². The van der Waals surface area contributed by atoms with Gasteiger partial charge in [-0.1, -0.05) is 18.2 Å². The van der Waals surface area contributed by atoms with Gasteiger partial charge in [0.25, 0.3) is 5.91 Å². The normalized spacial score (nSPS) is 16.4. The molecule has 1 aromatic carbocycles. The molecule has 4 rings (SSSR count). The second kappa shape index (κ2) is 10.6. The first kappa shape index (κ1) is 22.3. The third-order valence-electron chi connectivity index (χ3n) is 6.12. The van der Waals surface area contributed by atoms with Gasteiger partial charge in [0.2, 0.25) is 11.8 Å². The molecule has 2 aliphatic rings. The van der Waals surface area contributed by atoms with Crippen molar-refractivity contribution in [3.63, 3.8) is 0 Å². The molecule has 0 unspecified atom stereocenters. The number of benzene rings is 1. The van der Waals surface area contributed by atoms with Gasteiger partial charge in [0.15, 0.2) is 6.61 Å². The molecule has 7 nitrogen and oxygen atoms in total. The lowest BCUT2D eigenvalue weighted by atomic mass is 9.96. The summed E-state index contributed by atoms with van der Waals surface area (Å²) in [5.41, 5.74) is 1.24. The van der Waals surface area contributed by atoms with Crippen molar-refractivity contribution in [2.24, 2.45) is 5.92 Å². The van der Waals surface area contributed by atoms with Crippen molar-refractivity contribution in [2.45, 2.75) is 32.2 Å². The van der Waals surface area contributed by atoms with Gasteiger partial charge in [-0.25, -0.2) is 0 Å². The highest BCUT2D eigenvalue weighted by atomic mass is 32.1. The number of ether oxygens (including phenoxy) is 1. The van der Waals surface area contributed by atoms with Crippen molar-refractivity contribution in [1.29, 1.82) is 0 Å². The van der Waals surface area contributed by atoms with Gasteiger partial charge in [-0.2, -0.15) is 0 Å². The van der Waals surface area contributed by atoms with E-state index in [-0.39, 0.29) is 30.2 Å². The van der Waals surface area contributed by atoms with E-state index in [1.165, 1.54) is 10.4 Å². The summed E-state index contributed by atoms with van der Waals surface area (Å²) in [5.74, 6) is 0.552. The fourth-order valence-corrected chi connectivity index (χ4v) is 5.09. The highest BCUT2D eigenvalue weighted by Gasteiger charge is 2.28. The van der Waals surface area contributed by atoms with Crippen LogP contribution in [0.3, 0.4) is 0 Å². The highest BCUT2D eigenvalue weighted by Crippen LogP contribution is 2.24. The number of hydrogen-bond acceptors (Lipinski definition) is 5. The standard InChI is InChI=1S/C24H29N3O4S/c28-22(27-14-9-21-19(16-27)10-15-32-21)6-11-25-24(30)18-7-12-26(13-8-18)23(29)17-31-20-4-2-1-3-5-20/h1-5,10,15,18H,6-9,11-14,16-17H2,(H,25,30). The molecule has 0 spiro atoms. The van der Waals surface area contributed by atoms with Crippen LogP contribution in [0.2, 0.25) is 0 Å². The van der Waals surface area contributed by atoms with Crippen LogP contribution in [0.5, 0.6) is 5.75 Å². The summed E-state index contributed by atoms with van der Waals surface area (Å²) >= 11 is 1.75. The molecular formula is C24H29N3O4S. The minimum atomic E-state index is -0.118. The SMILES string of the molecule is O=C(NCCC(=O)N1CCc2sccc2C1)C1CCN(C(=O)COc2ccccc2)CC1. The van der Waals surface area contributed by atoms with Gasteiger partial charge >= 0.3 is 0 Å². The van der Waals surface area contributed by atoms with Crippen molar-refractivity contribution in [3.8, 4) is 5.75 Å². The van der Waals surface area contributed by atoms with Crippen LogP contribution in [0, 0.1) is 5.92 Å². The number of amides is 3. The largest absolute Gasteiger partial charge is 0.484 e. The molecule has 0 atom stereocenters. The van der Waals surface area contributed by atoms with Crippen LogP contribution >= 0.6 is 11.3 Å². The Balaban J connectivity index is 1.13. The first-order chi connectivity index (χ1) is 15.6. The van der Waals surface area contributed by atoms with Crippen molar-refractivity contribution < 1.29 is 19.1 Å². The summed E-state index contributed by atoms with van der Waals surface area (Å²) in [6, 6.07) is 11.4. The molecule has 1 fully saturated rings. The Labute approximate surface area is 192 Å². The molecule has 0 saturated carbocycles. The number of rotatable bonds is 7. The summed E-state index contributed by atoms with van der Waals surface area (Å²) in [7, 11) is 0. The van der Waals surface area contributed by atoms with E-state index in [1.807, 2.05) is 35.2 Å². The van der Waals surface area contributed by atoms with Crippen LogP contribution in [0.1, 0.15) is 29.7 Å². The van der Waals surface area contributed by atoms with Crippen LogP contribution in [0.4, 0.5) is 0 Å². The van der Waals surface area contributed by atoms with Crippen LogP contribution in [0.25, 0.3) is 0 Å². The third-order valence-corrected chi connectivity index (χ3v) is 7.15. The zero-order valence-corrected chi connectivity index (χ0v) is 18.9. The van der Waals surface area contributed by atoms with Crippen molar-refractivity contribution in [1.82, 2.24) is 15.1 Å². The maximum atomic E-state index is 12.5. The predicted octanol–water partition coefficient (Wildman–Crippen LogP) is 2.46. The molecule has 1 aromatic heterocycles. The lowest BCUT2D eigenvalue weighted by molar-refractivity contribution is -0.137. The summed E-state index contributed by atoms with van der Waals surface area (Å²) in [5, 5.41) is 4.99. The van der Waals surface area contributed by atoms with Crippen molar-refractivity contribution >= 4 is 29.1 Å². The van der Waals surface area contributed by atoms with Crippen LogP contribution in [-0.4, -0.2) is 60.3 Å². The number of nitrogens with one attached hydrogen (secondary N) is 1. The van der Waals surface area contributed by atoms with Gasteiger partial charge in [-0.15, -0.1) is 11.3 Å². The Morgan fingerprint density at radius 3 is 2.56 bits per heavy atom. The van der Waals surface area contributed by atoms with E-state index >= 15 is 0 Å². The lowest BCUT2D eigenvalue weighted by Crippen LogP contribution is -2.45. The van der Waals surface area contributed by atoms with E-state index < -0.39 is 0 Å². The topological polar surface area (TPSA) is 79.0 Å². The summed E-state index contributed by atoms with van der Waals surface area (Å²) in [6.45, 7) is 2.88. The molecule has 1 saturated heterocycles. The van der Waals surface area contributed by atoms with E-state index in [0.29, 0.717) is 51.2 Å². The molecule has 32 heavy (non-hydrogen) atoms. The Morgan fingerprint density at radius 2 is 1.78 bits per heavy atom. The maximum absolute atomic E-state index is 12.5. The second-order valence-electron chi connectivity index (χ2n) is 8.23. The van der Waals surface area contributed by atoms with Crippen molar-refractivity contribution in [2.75, 3.05) is 32.8 Å². The first-order valence-electron chi connectivity index (χ1n) is 11.2. The monoisotopic (exact) mass is 455 g/mol. The van der Waals surface area contributed by atoms with Gasteiger partial charge < -0.3 is 19.9 Å². The molecular weight excluding hydrogens is 426 g/mol. The molecule has 1 N–H and O–H groups in total.